The summed E-state index contributed by atoms with van der Waals surface area (Å²) in [6, 6.07) is 0. The zero-order valence-electron chi connectivity index (χ0n) is 7.34. The van der Waals surface area contributed by atoms with Crippen molar-refractivity contribution in [3.63, 3.8) is 0 Å². The first kappa shape index (κ1) is 9.92. The minimum absolute atomic E-state index is 0.206. The lowest BCUT2D eigenvalue weighted by atomic mass is 9.88. The van der Waals surface area contributed by atoms with Crippen LogP contribution in [-0.2, 0) is 4.74 Å². The normalized spacial score (nSPS) is 49.2. The van der Waals surface area contributed by atoms with E-state index in [9.17, 15) is 10.2 Å². The maximum absolute atomic E-state index is 9.48. The van der Waals surface area contributed by atoms with E-state index in [0.717, 1.165) is 0 Å². The zero-order valence-corrected chi connectivity index (χ0v) is 7.34. The van der Waals surface area contributed by atoms with Gasteiger partial charge in [0.15, 0.2) is 0 Å². The van der Waals surface area contributed by atoms with Crippen LogP contribution in [0.15, 0.2) is 0 Å². The molecule has 1 aliphatic heterocycles. The summed E-state index contributed by atoms with van der Waals surface area (Å²) in [7, 11) is 0. The van der Waals surface area contributed by atoms with Crippen LogP contribution in [0.25, 0.3) is 0 Å². The predicted octanol–water partition coefficient (Wildman–Crippen LogP) is -0.876. The van der Waals surface area contributed by atoms with Gasteiger partial charge in [0.1, 0.15) is 6.10 Å². The standard InChI is InChI=1S/C8H16O4/c1-4-7(10)5(2)12-6(3-9)8(4)11/h4-11H,3H2,1-2H3/t4-,5?,6?,7?,8?/m0/s1. The molecule has 1 saturated heterocycles. The molecule has 4 unspecified atom stereocenters. The van der Waals surface area contributed by atoms with Gasteiger partial charge in [0.05, 0.1) is 24.9 Å². The second-order valence-electron chi connectivity index (χ2n) is 3.40. The van der Waals surface area contributed by atoms with Crippen molar-refractivity contribution >= 4 is 0 Å². The largest absolute Gasteiger partial charge is 0.394 e. The summed E-state index contributed by atoms with van der Waals surface area (Å²) < 4.78 is 5.18. The van der Waals surface area contributed by atoms with Gasteiger partial charge in [-0.3, -0.25) is 0 Å². The van der Waals surface area contributed by atoms with E-state index in [0.29, 0.717) is 0 Å². The fourth-order valence-electron chi connectivity index (χ4n) is 1.56. The lowest BCUT2D eigenvalue weighted by molar-refractivity contribution is -0.199. The zero-order chi connectivity index (χ0) is 9.30. The average Bonchev–Trinajstić information content (AvgIpc) is 2.08. The lowest BCUT2D eigenvalue weighted by Gasteiger charge is -2.39. The molecule has 0 aromatic rings. The van der Waals surface area contributed by atoms with Crippen LogP contribution >= 0.6 is 0 Å². The first-order valence-corrected chi connectivity index (χ1v) is 4.20. The molecule has 4 nitrogen and oxygen atoms in total. The summed E-state index contributed by atoms with van der Waals surface area (Å²) in [4.78, 5) is 0. The van der Waals surface area contributed by atoms with Crippen LogP contribution in [-0.4, -0.2) is 46.3 Å². The van der Waals surface area contributed by atoms with Gasteiger partial charge in [-0.1, -0.05) is 6.92 Å². The topological polar surface area (TPSA) is 69.9 Å². The summed E-state index contributed by atoms with van der Waals surface area (Å²) in [6.07, 6.45) is -2.30. The van der Waals surface area contributed by atoms with Crippen LogP contribution in [0.5, 0.6) is 0 Å². The van der Waals surface area contributed by atoms with E-state index >= 15 is 0 Å². The molecule has 0 bridgehead atoms. The second-order valence-corrected chi connectivity index (χ2v) is 3.40. The molecule has 0 spiro atoms. The summed E-state index contributed by atoms with van der Waals surface area (Å²) in [5, 5.41) is 27.8. The Morgan fingerprint density at radius 2 is 1.75 bits per heavy atom. The van der Waals surface area contributed by atoms with Crippen LogP contribution in [0, 0.1) is 5.92 Å². The lowest BCUT2D eigenvalue weighted by Crippen LogP contribution is -2.53. The van der Waals surface area contributed by atoms with E-state index in [1.807, 2.05) is 0 Å². The van der Waals surface area contributed by atoms with Gasteiger partial charge >= 0.3 is 0 Å². The Morgan fingerprint density at radius 3 is 2.25 bits per heavy atom. The molecule has 0 radical (unpaired) electrons. The second kappa shape index (κ2) is 3.70. The van der Waals surface area contributed by atoms with Crippen molar-refractivity contribution in [2.75, 3.05) is 6.61 Å². The van der Waals surface area contributed by atoms with Crippen molar-refractivity contribution in [2.24, 2.45) is 5.92 Å². The number of ether oxygens (including phenoxy) is 1. The molecular formula is C8H16O4. The van der Waals surface area contributed by atoms with Gasteiger partial charge in [0.2, 0.25) is 0 Å². The maximum Gasteiger partial charge on any atom is 0.107 e. The van der Waals surface area contributed by atoms with Gasteiger partial charge in [-0.05, 0) is 6.92 Å². The molecule has 3 N–H and O–H groups in total. The van der Waals surface area contributed by atoms with Crippen LogP contribution in [0.4, 0.5) is 0 Å². The molecular weight excluding hydrogens is 160 g/mol. The van der Waals surface area contributed by atoms with Gasteiger partial charge in [0.25, 0.3) is 0 Å². The highest BCUT2D eigenvalue weighted by molar-refractivity contribution is 4.87. The summed E-state index contributed by atoms with van der Waals surface area (Å²) in [5.41, 5.74) is 0. The molecule has 1 heterocycles. The van der Waals surface area contributed by atoms with Crippen molar-refractivity contribution in [3.05, 3.63) is 0 Å². The average molecular weight is 176 g/mol. The third-order valence-electron chi connectivity index (χ3n) is 2.51. The van der Waals surface area contributed by atoms with Crippen molar-refractivity contribution in [1.29, 1.82) is 0 Å². The molecule has 12 heavy (non-hydrogen) atoms. The number of hydrogen-bond donors (Lipinski definition) is 3. The molecule has 72 valence electrons. The first-order chi connectivity index (χ1) is 5.57. The van der Waals surface area contributed by atoms with Gasteiger partial charge in [-0.25, -0.2) is 0 Å². The third-order valence-corrected chi connectivity index (χ3v) is 2.51. The SMILES string of the molecule is CC1OC(CO)C(O)[C@@H](C)C1O. The van der Waals surface area contributed by atoms with Gasteiger partial charge < -0.3 is 20.1 Å². The predicted molar refractivity (Wildman–Crippen MR) is 42.6 cm³/mol. The Kier molecular flexibility index (Phi) is 3.06. The van der Waals surface area contributed by atoms with Crippen LogP contribution in [0.2, 0.25) is 0 Å². The molecule has 1 fully saturated rings. The fraction of sp³-hybridized carbons (Fsp3) is 1.00. The maximum atomic E-state index is 9.48. The minimum Gasteiger partial charge on any atom is -0.394 e. The first-order valence-electron chi connectivity index (χ1n) is 4.20. The fourth-order valence-corrected chi connectivity index (χ4v) is 1.56. The molecule has 0 aliphatic carbocycles. The Labute approximate surface area is 71.8 Å². The Balaban J connectivity index is 2.63. The van der Waals surface area contributed by atoms with E-state index in [1.165, 1.54) is 0 Å². The Bertz CT molecular complexity index is 145. The van der Waals surface area contributed by atoms with E-state index in [2.05, 4.69) is 0 Å². The van der Waals surface area contributed by atoms with Crippen LogP contribution < -0.4 is 0 Å². The van der Waals surface area contributed by atoms with E-state index in [1.54, 1.807) is 13.8 Å². The molecule has 1 aliphatic rings. The number of hydrogen-bond acceptors (Lipinski definition) is 4. The van der Waals surface area contributed by atoms with E-state index in [4.69, 9.17) is 9.84 Å². The minimum atomic E-state index is -0.777. The smallest absolute Gasteiger partial charge is 0.107 e. The van der Waals surface area contributed by atoms with E-state index < -0.39 is 18.3 Å². The van der Waals surface area contributed by atoms with Crippen LogP contribution in [0.1, 0.15) is 13.8 Å². The Morgan fingerprint density at radius 1 is 1.17 bits per heavy atom. The third kappa shape index (κ3) is 1.61. The summed E-state index contributed by atoms with van der Waals surface area (Å²) >= 11 is 0. The van der Waals surface area contributed by atoms with Crippen molar-refractivity contribution in [2.45, 2.75) is 38.3 Å². The van der Waals surface area contributed by atoms with E-state index in [-0.39, 0.29) is 18.6 Å². The molecule has 0 aromatic carbocycles. The number of aliphatic hydroxyl groups excluding tert-OH is 3. The Hall–Kier alpha value is -0.160. The van der Waals surface area contributed by atoms with Gasteiger partial charge in [-0.2, -0.15) is 0 Å². The molecule has 0 saturated carbocycles. The monoisotopic (exact) mass is 176 g/mol. The molecule has 0 aromatic heterocycles. The van der Waals surface area contributed by atoms with Gasteiger partial charge in [0, 0.05) is 5.92 Å². The van der Waals surface area contributed by atoms with Gasteiger partial charge in [-0.15, -0.1) is 0 Å². The highest BCUT2D eigenvalue weighted by Crippen LogP contribution is 2.25. The van der Waals surface area contributed by atoms with Crippen molar-refractivity contribution in [1.82, 2.24) is 0 Å². The highest BCUT2D eigenvalue weighted by atomic mass is 16.5. The summed E-state index contributed by atoms with van der Waals surface area (Å²) in [6.45, 7) is 3.27. The summed E-state index contributed by atoms with van der Waals surface area (Å²) in [5.74, 6) is -0.245. The number of rotatable bonds is 1. The highest BCUT2D eigenvalue weighted by Gasteiger charge is 2.39. The van der Waals surface area contributed by atoms with Crippen LogP contribution in [0.3, 0.4) is 0 Å². The van der Waals surface area contributed by atoms with Crippen molar-refractivity contribution in [3.8, 4) is 0 Å². The molecule has 4 heteroatoms. The molecule has 0 amide bonds. The quantitative estimate of drug-likeness (QED) is 0.485. The molecule has 1 rings (SSSR count). The number of aliphatic hydroxyl groups is 3. The molecule has 5 atom stereocenters. The van der Waals surface area contributed by atoms with Crippen molar-refractivity contribution < 1.29 is 20.1 Å².